The SMILES string of the molecule is O=c1c2c3c(sc2nc(-c2ccc(Cl)cc2)n1CCF)CCCC3. The van der Waals surface area contributed by atoms with Crippen molar-refractivity contribution < 1.29 is 4.39 Å². The van der Waals surface area contributed by atoms with Crippen LogP contribution in [0.3, 0.4) is 0 Å². The maximum Gasteiger partial charge on any atom is 0.262 e. The van der Waals surface area contributed by atoms with Crippen molar-refractivity contribution >= 4 is 33.2 Å². The van der Waals surface area contributed by atoms with E-state index in [1.807, 2.05) is 12.1 Å². The molecule has 24 heavy (non-hydrogen) atoms. The van der Waals surface area contributed by atoms with Crippen LogP contribution in [0.25, 0.3) is 21.6 Å². The number of fused-ring (bicyclic) bond motifs is 3. The second-order valence-corrected chi connectivity index (χ2v) is 7.50. The molecule has 0 saturated carbocycles. The van der Waals surface area contributed by atoms with E-state index in [1.165, 1.54) is 9.44 Å². The lowest BCUT2D eigenvalue weighted by molar-refractivity contribution is 0.441. The number of rotatable bonds is 3. The van der Waals surface area contributed by atoms with Crippen molar-refractivity contribution in [3.8, 4) is 11.4 Å². The molecule has 0 spiro atoms. The van der Waals surface area contributed by atoms with Gasteiger partial charge in [-0.15, -0.1) is 11.3 Å². The highest BCUT2D eigenvalue weighted by molar-refractivity contribution is 7.18. The fourth-order valence-electron chi connectivity index (χ4n) is 3.35. The molecule has 0 fully saturated rings. The molecule has 0 saturated heterocycles. The molecular formula is C18H16ClFN2OS. The Morgan fingerprint density at radius 3 is 2.71 bits per heavy atom. The highest BCUT2D eigenvalue weighted by Gasteiger charge is 2.22. The third kappa shape index (κ3) is 2.56. The van der Waals surface area contributed by atoms with Gasteiger partial charge in [0.25, 0.3) is 5.56 Å². The molecule has 3 aromatic rings. The number of alkyl halides is 1. The number of thiophene rings is 1. The largest absolute Gasteiger partial charge is 0.289 e. The van der Waals surface area contributed by atoms with Crippen LogP contribution >= 0.6 is 22.9 Å². The lowest BCUT2D eigenvalue weighted by Crippen LogP contribution is -2.24. The third-order valence-corrected chi connectivity index (χ3v) is 5.92. The van der Waals surface area contributed by atoms with Crippen molar-refractivity contribution in [2.75, 3.05) is 6.67 Å². The van der Waals surface area contributed by atoms with Crippen molar-refractivity contribution in [2.45, 2.75) is 32.2 Å². The Morgan fingerprint density at radius 1 is 1.21 bits per heavy atom. The van der Waals surface area contributed by atoms with Crippen LogP contribution in [0.2, 0.25) is 5.02 Å². The number of nitrogens with zero attached hydrogens (tertiary/aromatic N) is 2. The van der Waals surface area contributed by atoms with Crippen LogP contribution in [0.15, 0.2) is 29.1 Å². The van der Waals surface area contributed by atoms with Gasteiger partial charge in [-0.1, -0.05) is 11.6 Å². The fourth-order valence-corrected chi connectivity index (χ4v) is 4.73. The molecule has 1 aliphatic rings. The van der Waals surface area contributed by atoms with E-state index in [-0.39, 0.29) is 12.1 Å². The van der Waals surface area contributed by atoms with Gasteiger partial charge in [-0.2, -0.15) is 0 Å². The molecule has 0 aliphatic heterocycles. The number of aryl methyl sites for hydroxylation is 2. The molecule has 6 heteroatoms. The predicted octanol–water partition coefficient (Wildman–Crippen LogP) is 4.63. The standard InChI is InChI=1S/C18H16ClFN2OS/c19-12-7-5-11(6-8-12)16-21-17-15(18(23)22(16)10-9-20)13-3-1-2-4-14(13)24-17/h5-8H,1-4,9-10H2. The van der Waals surface area contributed by atoms with Gasteiger partial charge in [0.05, 0.1) is 11.9 Å². The molecule has 0 N–H and O–H groups in total. The van der Waals surface area contributed by atoms with Gasteiger partial charge in [0, 0.05) is 15.5 Å². The van der Waals surface area contributed by atoms with Gasteiger partial charge in [-0.25, -0.2) is 9.37 Å². The summed E-state index contributed by atoms with van der Waals surface area (Å²) in [6.45, 7) is -0.579. The Bertz CT molecular complexity index is 962. The van der Waals surface area contributed by atoms with Crippen molar-refractivity contribution in [3.05, 3.63) is 50.1 Å². The molecule has 1 aliphatic carbocycles. The van der Waals surface area contributed by atoms with E-state index in [0.29, 0.717) is 16.2 Å². The van der Waals surface area contributed by atoms with Crippen LogP contribution in [0.5, 0.6) is 0 Å². The van der Waals surface area contributed by atoms with Gasteiger partial charge >= 0.3 is 0 Å². The maximum atomic E-state index is 13.1. The maximum absolute atomic E-state index is 13.1. The zero-order valence-electron chi connectivity index (χ0n) is 13.0. The monoisotopic (exact) mass is 362 g/mol. The first kappa shape index (κ1) is 15.8. The van der Waals surface area contributed by atoms with Gasteiger partial charge in [-0.3, -0.25) is 9.36 Å². The van der Waals surface area contributed by atoms with Crippen LogP contribution in [-0.2, 0) is 19.4 Å². The molecule has 3 nitrogen and oxygen atoms in total. The van der Waals surface area contributed by atoms with E-state index < -0.39 is 6.67 Å². The lowest BCUT2D eigenvalue weighted by Gasteiger charge is -2.13. The smallest absolute Gasteiger partial charge is 0.262 e. The zero-order chi connectivity index (χ0) is 16.7. The minimum Gasteiger partial charge on any atom is -0.289 e. The summed E-state index contributed by atoms with van der Waals surface area (Å²) in [5.41, 5.74) is 1.79. The molecule has 4 rings (SSSR count). The van der Waals surface area contributed by atoms with Crippen molar-refractivity contribution in [1.82, 2.24) is 9.55 Å². The second-order valence-electron chi connectivity index (χ2n) is 5.98. The number of halogens is 2. The summed E-state index contributed by atoms with van der Waals surface area (Å²) < 4.78 is 14.5. The van der Waals surface area contributed by atoms with Crippen molar-refractivity contribution in [1.29, 1.82) is 0 Å². The highest BCUT2D eigenvalue weighted by atomic mass is 35.5. The van der Waals surface area contributed by atoms with Crippen LogP contribution in [0.4, 0.5) is 4.39 Å². The minimum atomic E-state index is -0.597. The minimum absolute atomic E-state index is 0.0182. The van der Waals surface area contributed by atoms with E-state index >= 15 is 0 Å². The molecule has 1 aromatic carbocycles. The zero-order valence-corrected chi connectivity index (χ0v) is 14.6. The van der Waals surface area contributed by atoms with Gasteiger partial charge in [0.15, 0.2) is 0 Å². The molecule has 2 aromatic heterocycles. The molecule has 124 valence electrons. The molecule has 0 unspecified atom stereocenters. The summed E-state index contributed by atoms with van der Waals surface area (Å²) in [6.07, 6.45) is 4.18. The van der Waals surface area contributed by atoms with E-state index in [4.69, 9.17) is 16.6 Å². The Hall–Kier alpha value is -1.72. The summed E-state index contributed by atoms with van der Waals surface area (Å²) >= 11 is 7.56. The molecular weight excluding hydrogens is 347 g/mol. The summed E-state index contributed by atoms with van der Waals surface area (Å²) in [5, 5.41) is 1.31. The molecule has 2 heterocycles. The molecule has 0 radical (unpaired) electrons. The normalized spacial score (nSPS) is 14.1. The van der Waals surface area contributed by atoms with Gasteiger partial charge in [-0.05, 0) is 55.5 Å². The molecule has 0 amide bonds. The van der Waals surface area contributed by atoms with Crippen molar-refractivity contribution in [3.63, 3.8) is 0 Å². The lowest BCUT2D eigenvalue weighted by atomic mass is 9.97. The van der Waals surface area contributed by atoms with Crippen LogP contribution < -0.4 is 5.56 Å². The Morgan fingerprint density at radius 2 is 1.96 bits per heavy atom. The van der Waals surface area contributed by atoms with Gasteiger partial charge in [0.2, 0.25) is 0 Å². The number of aromatic nitrogens is 2. The first-order chi connectivity index (χ1) is 11.7. The van der Waals surface area contributed by atoms with Crippen LogP contribution in [0.1, 0.15) is 23.3 Å². The Labute approximate surface area is 147 Å². The second kappa shape index (κ2) is 6.30. The first-order valence-corrected chi connectivity index (χ1v) is 9.25. The van der Waals surface area contributed by atoms with Crippen LogP contribution in [0, 0.1) is 0 Å². The predicted molar refractivity (Wildman–Crippen MR) is 96.9 cm³/mol. The Balaban J connectivity index is 2.01. The average Bonchev–Trinajstić information content (AvgIpc) is 2.97. The van der Waals surface area contributed by atoms with Crippen molar-refractivity contribution in [2.24, 2.45) is 0 Å². The number of hydrogen-bond acceptors (Lipinski definition) is 3. The summed E-state index contributed by atoms with van der Waals surface area (Å²) in [5.74, 6) is 0.514. The topological polar surface area (TPSA) is 34.9 Å². The number of hydrogen-bond donors (Lipinski definition) is 0. The van der Waals surface area contributed by atoms with E-state index in [0.717, 1.165) is 41.6 Å². The van der Waals surface area contributed by atoms with Gasteiger partial charge in [0.1, 0.15) is 17.3 Å². The summed E-state index contributed by atoms with van der Waals surface area (Å²) in [7, 11) is 0. The van der Waals surface area contributed by atoms with Crippen LogP contribution in [-0.4, -0.2) is 16.2 Å². The van der Waals surface area contributed by atoms with E-state index in [1.54, 1.807) is 23.5 Å². The fraction of sp³-hybridized carbons (Fsp3) is 0.333. The highest BCUT2D eigenvalue weighted by Crippen LogP contribution is 2.34. The quantitative estimate of drug-likeness (QED) is 0.681. The average molecular weight is 363 g/mol. The summed E-state index contributed by atoms with van der Waals surface area (Å²) in [4.78, 5) is 19.8. The van der Waals surface area contributed by atoms with E-state index in [2.05, 4.69) is 0 Å². The molecule has 0 bridgehead atoms. The number of benzene rings is 1. The summed E-state index contributed by atoms with van der Waals surface area (Å²) in [6, 6.07) is 7.15. The van der Waals surface area contributed by atoms with Gasteiger partial charge < -0.3 is 0 Å². The third-order valence-electron chi connectivity index (χ3n) is 4.49. The Kier molecular flexibility index (Phi) is 4.14. The van der Waals surface area contributed by atoms with E-state index in [9.17, 15) is 9.18 Å². The molecule has 0 atom stereocenters. The first-order valence-electron chi connectivity index (χ1n) is 8.06.